The van der Waals surface area contributed by atoms with Crippen molar-refractivity contribution >= 4 is 22.0 Å². The van der Waals surface area contributed by atoms with E-state index >= 15 is 0 Å². The quantitative estimate of drug-likeness (QED) is 0.288. The normalized spacial score (nSPS) is 17.9. The van der Waals surface area contributed by atoms with Gasteiger partial charge in [0.25, 0.3) is 0 Å². The van der Waals surface area contributed by atoms with Gasteiger partial charge in [-0.15, -0.1) is 0 Å². The molecule has 1 aromatic heterocycles. The molecule has 3 aromatic carbocycles. The summed E-state index contributed by atoms with van der Waals surface area (Å²) in [4.78, 5) is 5.61. The number of aromatic nitrogens is 1. The van der Waals surface area contributed by atoms with Gasteiger partial charge in [0, 0.05) is 48.9 Å². The summed E-state index contributed by atoms with van der Waals surface area (Å²) in [6.07, 6.45) is 4.37. The Bertz CT molecular complexity index is 1470. The van der Waals surface area contributed by atoms with Gasteiger partial charge in [-0.1, -0.05) is 24.3 Å². The van der Waals surface area contributed by atoms with Gasteiger partial charge in [-0.2, -0.15) is 0 Å². The average Bonchev–Trinajstić information content (AvgIpc) is 3.55. The molecule has 0 saturated carbocycles. The van der Waals surface area contributed by atoms with Gasteiger partial charge < -0.3 is 19.6 Å². The number of ether oxygens (including phenoxy) is 2. The highest BCUT2D eigenvalue weighted by molar-refractivity contribution is 6.02. The van der Waals surface area contributed by atoms with Crippen LogP contribution >= 0.6 is 0 Å². The van der Waals surface area contributed by atoms with Crippen LogP contribution in [0.3, 0.4) is 0 Å². The molecule has 38 heavy (non-hydrogen) atoms. The van der Waals surface area contributed by atoms with Crippen LogP contribution in [0.5, 0.6) is 17.2 Å². The fraction of sp³-hybridized carbons (Fsp3) is 0.312. The van der Waals surface area contributed by atoms with Crippen LogP contribution in [-0.4, -0.2) is 54.0 Å². The van der Waals surface area contributed by atoms with Gasteiger partial charge in [0.2, 0.25) is 0 Å². The molecule has 196 valence electrons. The third kappa shape index (κ3) is 4.76. The van der Waals surface area contributed by atoms with E-state index in [-0.39, 0.29) is 18.5 Å². The number of hydrogen-bond acceptors (Lipinski definition) is 4. The van der Waals surface area contributed by atoms with Crippen LogP contribution in [0.4, 0.5) is 4.39 Å². The monoisotopic (exact) mass is 512 g/mol. The molecule has 1 fully saturated rings. The Morgan fingerprint density at radius 1 is 1.08 bits per heavy atom. The van der Waals surface area contributed by atoms with Gasteiger partial charge in [-0.25, -0.2) is 0 Å². The van der Waals surface area contributed by atoms with E-state index < -0.39 is 0 Å². The number of phenols is 1. The lowest BCUT2D eigenvalue weighted by atomic mass is 9.87. The minimum absolute atomic E-state index is 0.125. The number of likely N-dealkylation sites (tertiary alicyclic amines) is 1. The van der Waals surface area contributed by atoms with Crippen LogP contribution < -0.4 is 9.47 Å². The third-order valence-electron chi connectivity index (χ3n) is 7.73. The fourth-order valence-corrected chi connectivity index (χ4v) is 5.73. The lowest BCUT2D eigenvalue weighted by Gasteiger charge is -2.18. The number of H-pyrrole nitrogens is 1. The molecule has 0 unspecified atom stereocenters. The number of nitrogens with zero attached hydrogens (tertiary/aromatic N) is 1. The van der Waals surface area contributed by atoms with Gasteiger partial charge >= 0.3 is 0 Å². The second kappa shape index (κ2) is 10.5. The Morgan fingerprint density at radius 2 is 1.92 bits per heavy atom. The molecule has 2 aliphatic heterocycles. The van der Waals surface area contributed by atoms with Crippen molar-refractivity contribution in [3.63, 3.8) is 0 Å². The van der Waals surface area contributed by atoms with Crippen LogP contribution in [-0.2, 0) is 0 Å². The highest BCUT2D eigenvalue weighted by Gasteiger charge is 2.25. The summed E-state index contributed by atoms with van der Waals surface area (Å²) >= 11 is 0. The summed E-state index contributed by atoms with van der Waals surface area (Å²) in [7, 11) is 0. The van der Waals surface area contributed by atoms with E-state index in [1.807, 2.05) is 31.3 Å². The summed E-state index contributed by atoms with van der Waals surface area (Å²) in [5.41, 5.74) is 7.37. The zero-order valence-electron chi connectivity index (χ0n) is 21.7. The summed E-state index contributed by atoms with van der Waals surface area (Å²) in [6.45, 7) is 4.74. The van der Waals surface area contributed by atoms with Gasteiger partial charge in [0.05, 0.1) is 13.3 Å². The second-order valence-electron chi connectivity index (χ2n) is 10.2. The molecule has 4 aromatic rings. The first-order valence-corrected chi connectivity index (χ1v) is 13.4. The lowest BCUT2D eigenvalue weighted by molar-refractivity contribution is 0.198. The van der Waals surface area contributed by atoms with E-state index in [4.69, 9.17) is 9.47 Å². The zero-order valence-corrected chi connectivity index (χ0v) is 21.7. The SMILES string of the molecule is Cc1c(O)ccc2c1OCCC(c1ccc3cc[nH]c3c1)=C2c1ccc(O[C@H]2CCN(CCCF)C2)cc1. The highest BCUT2D eigenvalue weighted by atomic mass is 19.1. The Hall–Kier alpha value is -3.77. The second-order valence-corrected chi connectivity index (χ2v) is 10.2. The van der Waals surface area contributed by atoms with Crippen LogP contribution in [0.1, 0.15) is 41.5 Å². The maximum atomic E-state index is 12.5. The average molecular weight is 513 g/mol. The number of benzene rings is 3. The van der Waals surface area contributed by atoms with Crippen LogP contribution in [0.2, 0.25) is 0 Å². The molecule has 6 rings (SSSR count). The molecule has 2 aliphatic rings. The van der Waals surface area contributed by atoms with E-state index in [1.54, 1.807) is 6.07 Å². The van der Waals surface area contributed by atoms with Gasteiger partial charge in [0.15, 0.2) is 0 Å². The Balaban J connectivity index is 1.37. The maximum absolute atomic E-state index is 12.5. The van der Waals surface area contributed by atoms with Gasteiger partial charge in [0.1, 0.15) is 23.4 Å². The summed E-state index contributed by atoms with van der Waals surface area (Å²) in [5, 5.41) is 11.6. The summed E-state index contributed by atoms with van der Waals surface area (Å²) in [5.74, 6) is 1.81. The van der Waals surface area contributed by atoms with Crippen LogP contribution in [0, 0.1) is 6.92 Å². The summed E-state index contributed by atoms with van der Waals surface area (Å²) in [6, 6.07) is 20.6. The van der Waals surface area contributed by atoms with Crippen molar-refractivity contribution in [1.82, 2.24) is 9.88 Å². The third-order valence-corrected chi connectivity index (χ3v) is 7.73. The van der Waals surface area contributed by atoms with Crippen molar-refractivity contribution in [3.05, 3.63) is 89.1 Å². The number of hydrogen-bond donors (Lipinski definition) is 2. The van der Waals surface area contributed by atoms with E-state index in [9.17, 15) is 9.50 Å². The minimum atomic E-state index is -0.270. The lowest BCUT2D eigenvalue weighted by Crippen LogP contribution is -2.26. The molecule has 5 nitrogen and oxygen atoms in total. The molecule has 6 heteroatoms. The Kier molecular flexibility index (Phi) is 6.81. The number of fused-ring (bicyclic) bond motifs is 2. The minimum Gasteiger partial charge on any atom is -0.508 e. The van der Waals surface area contributed by atoms with Crippen molar-refractivity contribution in [3.8, 4) is 17.2 Å². The van der Waals surface area contributed by atoms with Gasteiger partial charge in [-0.05, 0) is 83.8 Å². The molecule has 1 atom stereocenters. The topological polar surface area (TPSA) is 57.7 Å². The predicted molar refractivity (Wildman–Crippen MR) is 150 cm³/mol. The highest BCUT2D eigenvalue weighted by Crippen LogP contribution is 2.44. The molecular formula is C32H33FN2O3. The van der Waals surface area contributed by atoms with Gasteiger partial charge in [-0.3, -0.25) is 9.29 Å². The van der Waals surface area contributed by atoms with Crippen LogP contribution in [0.25, 0.3) is 22.0 Å². The van der Waals surface area contributed by atoms with E-state index in [0.717, 1.165) is 77.3 Å². The molecule has 0 aliphatic carbocycles. The molecule has 0 amide bonds. The van der Waals surface area contributed by atoms with Crippen molar-refractivity contribution in [1.29, 1.82) is 0 Å². The van der Waals surface area contributed by atoms with Crippen LogP contribution in [0.15, 0.2) is 66.9 Å². The number of halogens is 1. The summed E-state index contributed by atoms with van der Waals surface area (Å²) < 4.78 is 25.1. The number of alkyl halides is 1. The van der Waals surface area contributed by atoms with E-state index in [2.05, 4.69) is 46.3 Å². The van der Waals surface area contributed by atoms with Crippen molar-refractivity contribution < 1.29 is 19.0 Å². The molecule has 2 N–H and O–H groups in total. The number of aromatic amines is 1. The van der Waals surface area contributed by atoms with Crippen molar-refractivity contribution in [2.75, 3.05) is 32.9 Å². The first-order valence-electron chi connectivity index (χ1n) is 13.4. The number of nitrogens with one attached hydrogen (secondary N) is 1. The van der Waals surface area contributed by atoms with E-state index in [1.165, 1.54) is 11.0 Å². The fourth-order valence-electron chi connectivity index (χ4n) is 5.73. The molecule has 3 heterocycles. The predicted octanol–water partition coefficient (Wildman–Crippen LogP) is 6.74. The number of rotatable bonds is 7. The molecular weight excluding hydrogens is 479 g/mol. The molecule has 1 saturated heterocycles. The number of phenolic OH excluding ortho intramolecular Hbond substituents is 1. The van der Waals surface area contributed by atoms with Crippen molar-refractivity contribution in [2.24, 2.45) is 0 Å². The maximum Gasteiger partial charge on any atom is 0.133 e. The molecule has 0 bridgehead atoms. The van der Waals surface area contributed by atoms with E-state index in [0.29, 0.717) is 13.0 Å². The Labute approximate surface area is 222 Å². The standard InChI is InChI=1S/C32H33FN2O3/c1-21-30(36)10-9-28-31(23-5-7-25(8-6-23)38-26-12-17-35(20-26)16-2-14-33)27(13-18-37-32(21)28)24-4-3-22-11-15-34-29(22)19-24/h3-11,15,19,26,34,36H,2,12-14,16-18,20H2,1H3/t26-/m0/s1. The van der Waals surface area contributed by atoms with Crippen molar-refractivity contribution in [2.45, 2.75) is 32.3 Å². The number of aromatic hydroxyl groups is 1. The first-order chi connectivity index (χ1) is 18.6. The largest absolute Gasteiger partial charge is 0.508 e. The molecule has 0 spiro atoms. The smallest absolute Gasteiger partial charge is 0.133 e. The first kappa shape index (κ1) is 24.6. The molecule has 0 radical (unpaired) electrons. The zero-order chi connectivity index (χ0) is 26.1. The Morgan fingerprint density at radius 3 is 2.76 bits per heavy atom.